The summed E-state index contributed by atoms with van der Waals surface area (Å²) in [6.45, 7) is 5.47. The number of carbonyl (C=O) groups excluding carboxylic acids is 2. The van der Waals surface area contributed by atoms with Gasteiger partial charge in [0.1, 0.15) is 5.60 Å². The Labute approximate surface area is 106 Å². The maximum atomic E-state index is 12.0. The average molecular weight is 247 g/mol. The van der Waals surface area contributed by atoms with Crippen molar-refractivity contribution in [2.75, 3.05) is 0 Å². The van der Waals surface area contributed by atoms with Gasteiger partial charge < -0.3 is 4.74 Å². The minimum Gasteiger partial charge on any atom is -0.460 e. The fourth-order valence-electron chi connectivity index (χ4n) is 1.85. The number of hydrogen-bond acceptors (Lipinski definition) is 4. The van der Waals surface area contributed by atoms with Crippen LogP contribution in [0.5, 0.6) is 0 Å². The molecule has 4 heteroatoms. The van der Waals surface area contributed by atoms with Gasteiger partial charge in [-0.2, -0.15) is 0 Å². The maximum absolute atomic E-state index is 12.0. The van der Waals surface area contributed by atoms with E-state index in [1.165, 1.54) is 6.20 Å². The number of nitrogens with zero attached hydrogens (tertiary/aromatic N) is 1. The van der Waals surface area contributed by atoms with E-state index in [4.69, 9.17) is 4.74 Å². The van der Waals surface area contributed by atoms with Crippen LogP contribution in [0.25, 0.3) is 0 Å². The van der Waals surface area contributed by atoms with Crippen LogP contribution in [-0.4, -0.2) is 22.3 Å². The first-order chi connectivity index (χ1) is 8.38. The summed E-state index contributed by atoms with van der Waals surface area (Å²) in [5.41, 5.74) is 0.0650. The second kappa shape index (κ2) is 4.52. The molecule has 0 aliphatic heterocycles. The molecular weight excluding hydrogens is 230 g/mol. The lowest BCUT2D eigenvalue weighted by atomic mass is 10.1. The van der Waals surface area contributed by atoms with Crippen LogP contribution in [-0.2, 0) is 9.53 Å². The molecule has 2 atom stereocenters. The molecule has 4 nitrogen and oxygen atoms in total. The SMILES string of the molecule is CC(C)(C)OC(=O)[C@@H]1C[C@H]1C(=O)c1cccnc1. The first-order valence-electron chi connectivity index (χ1n) is 6.05. The smallest absolute Gasteiger partial charge is 0.310 e. The molecule has 0 unspecified atom stereocenters. The Kier molecular flexibility index (Phi) is 3.20. The Morgan fingerprint density at radius 1 is 1.33 bits per heavy atom. The summed E-state index contributed by atoms with van der Waals surface area (Å²) in [5.74, 6) is -0.801. The van der Waals surface area contributed by atoms with Crippen LogP contribution < -0.4 is 0 Å². The van der Waals surface area contributed by atoms with Crippen LogP contribution in [0.4, 0.5) is 0 Å². The molecule has 1 fully saturated rings. The number of ketones is 1. The summed E-state index contributed by atoms with van der Waals surface area (Å²) >= 11 is 0. The van der Waals surface area contributed by atoms with Crippen molar-refractivity contribution in [2.24, 2.45) is 11.8 Å². The van der Waals surface area contributed by atoms with E-state index in [-0.39, 0.29) is 23.6 Å². The van der Waals surface area contributed by atoms with Crippen molar-refractivity contribution in [1.82, 2.24) is 4.98 Å². The standard InChI is InChI=1S/C14H17NO3/c1-14(2,3)18-13(17)11-7-10(11)12(16)9-5-4-6-15-8-9/h4-6,8,10-11H,7H2,1-3H3/t10-,11-/m1/s1. The van der Waals surface area contributed by atoms with Crippen molar-refractivity contribution in [3.63, 3.8) is 0 Å². The molecule has 1 aromatic rings. The molecule has 2 rings (SSSR count). The van der Waals surface area contributed by atoms with E-state index in [9.17, 15) is 9.59 Å². The van der Waals surface area contributed by atoms with Gasteiger partial charge in [0.05, 0.1) is 5.92 Å². The van der Waals surface area contributed by atoms with Gasteiger partial charge in [-0.15, -0.1) is 0 Å². The fourth-order valence-corrected chi connectivity index (χ4v) is 1.85. The van der Waals surface area contributed by atoms with Crippen LogP contribution in [0, 0.1) is 11.8 Å². The average Bonchev–Trinajstić information content (AvgIpc) is 3.07. The van der Waals surface area contributed by atoms with Gasteiger partial charge in [-0.3, -0.25) is 14.6 Å². The van der Waals surface area contributed by atoms with Crippen LogP contribution in [0.3, 0.4) is 0 Å². The number of rotatable bonds is 3. The molecule has 0 saturated heterocycles. The molecule has 0 N–H and O–H groups in total. The first kappa shape index (κ1) is 12.7. The normalized spacial score (nSPS) is 22.4. The maximum Gasteiger partial charge on any atom is 0.310 e. The van der Waals surface area contributed by atoms with E-state index in [1.54, 1.807) is 18.3 Å². The number of esters is 1. The first-order valence-corrected chi connectivity index (χ1v) is 6.05. The number of Topliss-reactive ketones (excluding diaryl/α,β-unsaturated/α-hetero) is 1. The number of hydrogen-bond donors (Lipinski definition) is 0. The second-order valence-corrected chi connectivity index (χ2v) is 5.59. The Hall–Kier alpha value is -1.71. The van der Waals surface area contributed by atoms with E-state index in [0.29, 0.717) is 12.0 Å². The van der Waals surface area contributed by atoms with Gasteiger partial charge in [-0.1, -0.05) is 0 Å². The van der Waals surface area contributed by atoms with E-state index in [1.807, 2.05) is 20.8 Å². The minimum absolute atomic E-state index is 0.0149. The number of ether oxygens (including phenoxy) is 1. The highest BCUT2D eigenvalue weighted by molar-refractivity contribution is 6.02. The molecule has 1 aliphatic carbocycles. The zero-order chi connectivity index (χ0) is 13.3. The largest absolute Gasteiger partial charge is 0.460 e. The summed E-state index contributed by atoms with van der Waals surface area (Å²) in [5, 5.41) is 0. The molecule has 18 heavy (non-hydrogen) atoms. The van der Waals surface area contributed by atoms with Crippen LogP contribution in [0.2, 0.25) is 0 Å². The van der Waals surface area contributed by atoms with Crippen molar-refractivity contribution in [3.8, 4) is 0 Å². The quantitative estimate of drug-likeness (QED) is 0.607. The van der Waals surface area contributed by atoms with Crippen molar-refractivity contribution in [2.45, 2.75) is 32.8 Å². The van der Waals surface area contributed by atoms with E-state index in [2.05, 4.69) is 4.98 Å². The highest BCUT2D eigenvalue weighted by Crippen LogP contribution is 2.42. The zero-order valence-corrected chi connectivity index (χ0v) is 10.8. The van der Waals surface area contributed by atoms with Crippen molar-refractivity contribution < 1.29 is 14.3 Å². The molecule has 96 valence electrons. The van der Waals surface area contributed by atoms with Crippen LogP contribution in [0.15, 0.2) is 24.5 Å². The summed E-state index contributed by atoms with van der Waals surface area (Å²) < 4.78 is 5.27. The number of aromatic nitrogens is 1. The lowest BCUT2D eigenvalue weighted by Crippen LogP contribution is -2.25. The molecule has 1 aromatic heterocycles. The highest BCUT2D eigenvalue weighted by atomic mass is 16.6. The highest BCUT2D eigenvalue weighted by Gasteiger charge is 2.49. The van der Waals surface area contributed by atoms with Crippen molar-refractivity contribution in [3.05, 3.63) is 30.1 Å². The summed E-state index contributed by atoms with van der Waals surface area (Å²) in [4.78, 5) is 27.7. The lowest BCUT2D eigenvalue weighted by molar-refractivity contribution is -0.156. The third kappa shape index (κ3) is 2.94. The van der Waals surface area contributed by atoms with E-state index >= 15 is 0 Å². The van der Waals surface area contributed by atoms with Crippen molar-refractivity contribution >= 4 is 11.8 Å². The van der Waals surface area contributed by atoms with Crippen LogP contribution >= 0.6 is 0 Å². The van der Waals surface area contributed by atoms with Gasteiger partial charge in [0.2, 0.25) is 0 Å². The predicted molar refractivity (Wildman–Crippen MR) is 66.0 cm³/mol. The summed E-state index contributed by atoms with van der Waals surface area (Å²) in [6, 6.07) is 3.44. The number of pyridine rings is 1. The third-order valence-electron chi connectivity index (χ3n) is 2.78. The minimum atomic E-state index is -0.498. The Morgan fingerprint density at radius 2 is 2.06 bits per heavy atom. The fraction of sp³-hybridized carbons (Fsp3) is 0.500. The Balaban J connectivity index is 1.96. The topological polar surface area (TPSA) is 56.3 Å². The lowest BCUT2D eigenvalue weighted by Gasteiger charge is -2.19. The molecule has 1 saturated carbocycles. The Bertz CT molecular complexity index is 462. The van der Waals surface area contributed by atoms with Gasteiger partial charge in [-0.25, -0.2) is 0 Å². The van der Waals surface area contributed by atoms with Gasteiger partial charge in [0, 0.05) is 23.9 Å². The number of carbonyl (C=O) groups is 2. The molecule has 1 heterocycles. The van der Waals surface area contributed by atoms with E-state index < -0.39 is 5.60 Å². The van der Waals surface area contributed by atoms with Gasteiger partial charge in [0.25, 0.3) is 0 Å². The summed E-state index contributed by atoms with van der Waals surface area (Å²) in [7, 11) is 0. The van der Waals surface area contributed by atoms with Gasteiger partial charge in [0.15, 0.2) is 5.78 Å². The molecule has 0 aromatic carbocycles. The van der Waals surface area contributed by atoms with Crippen molar-refractivity contribution in [1.29, 1.82) is 0 Å². The monoisotopic (exact) mass is 247 g/mol. The van der Waals surface area contributed by atoms with Gasteiger partial charge in [-0.05, 0) is 39.3 Å². The molecule has 1 aliphatic rings. The second-order valence-electron chi connectivity index (χ2n) is 5.59. The summed E-state index contributed by atoms with van der Waals surface area (Å²) in [6.07, 6.45) is 3.74. The zero-order valence-electron chi connectivity index (χ0n) is 10.8. The van der Waals surface area contributed by atoms with Gasteiger partial charge >= 0.3 is 5.97 Å². The Morgan fingerprint density at radius 3 is 2.61 bits per heavy atom. The third-order valence-corrected chi connectivity index (χ3v) is 2.78. The molecule has 0 spiro atoms. The molecule has 0 bridgehead atoms. The predicted octanol–water partition coefficient (Wildman–Crippen LogP) is 2.24. The molecule has 0 radical (unpaired) electrons. The molecule has 0 amide bonds. The van der Waals surface area contributed by atoms with Crippen LogP contribution in [0.1, 0.15) is 37.6 Å². The van der Waals surface area contributed by atoms with E-state index in [0.717, 1.165) is 0 Å². The molecular formula is C14H17NO3.